The summed E-state index contributed by atoms with van der Waals surface area (Å²) in [6.45, 7) is 2.43. The van der Waals surface area contributed by atoms with Gasteiger partial charge in [-0.2, -0.15) is 5.10 Å². The third-order valence-corrected chi connectivity index (χ3v) is 2.74. The van der Waals surface area contributed by atoms with Crippen LogP contribution < -0.4 is 0 Å². The highest BCUT2D eigenvalue weighted by atomic mass is 35.5. The van der Waals surface area contributed by atoms with E-state index >= 15 is 0 Å². The van der Waals surface area contributed by atoms with E-state index in [1.165, 1.54) is 23.2 Å². The SMILES string of the molecule is CCn1ncc(Cl)c1C(=O)c1ccoc1Cl. The van der Waals surface area contributed by atoms with Crippen molar-refractivity contribution in [3.05, 3.63) is 40.0 Å². The van der Waals surface area contributed by atoms with Gasteiger partial charge in [-0.25, -0.2) is 0 Å². The van der Waals surface area contributed by atoms with E-state index in [-0.39, 0.29) is 11.0 Å². The van der Waals surface area contributed by atoms with Crippen molar-refractivity contribution in [1.82, 2.24) is 9.78 Å². The zero-order chi connectivity index (χ0) is 11.7. The summed E-state index contributed by atoms with van der Waals surface area (Å²) >= 11 is 11.6. The van der Waals surface area contributed by atoms with Crippen molar-refractivity contribution in [1.29, 1.82) is 0 Å². The Hall–Kier alpha value is -1.26. The highest BCUT2D eigenvalue weighted by Gasteiger charge is 2.22. The van der Waals surface area contributed by atoms with Gasteiger partial charge in [-0.3, -0.25) is 9.48 Å². The van der Waals surface area contributed by atoms with Gasteiger partial charge in [0, 0.05) is 6.54 Å². The van der Waals surface area contributed by atoms with Gasteiger partial charge in [0.25, 0.3) is 0 Å². The smallest absolute Gasteiger partial charge is 0.217 e. The highest BCUT2D eigenvalue weighted by molar-refractivity contribution is 6.37. The average molecular weight is 259 g/mol. The molecule has 0 saturated carbocycles. The topological polar surface area (TPSA) is 48.0 Å². The van der Waals surface area contributed by atoms with E-state index in [1.54, 1.807) is 0 Å². The molecule has 16 heavy (non-hydrogen) atoms. The number of furan rings is 1. The van der Waals surface area contributed by atoms with Crippen molar-refractivity contribution in [2.45, 2.75) is 13.5 Å². The third kappa shape index (κ3) is 1.74. The Balaban J connectivity index is 2.49. The summed E-state index contributed by atoms with van der Waals surface area (Å²) in [7, 11) is 0. The van der Waals surface area contributed by atoms with Crippen LogP contribution in [0.2, 0.25) is 10.2 Å². The zero-order valence-corrected chi connectivity index (χ0v) is 9.92. The molecule has 4 nitrogen and oxygen atoms in total. The normalized spacial score (nSPS) is 10.7. The highest BCUT2D eigenvalue weighted by Crippen LogP contribution is 2.24. The molecule has 0 atom stereocenters. The third-order valence-electron chi connectivity index (χ3n) is 2.17. The predicted octanol–water partition coefficient (Wildman–Crippen LogP) is 3.03. The minimum atomic E-state index is -0.289. The maximum atomic E-state index is 12.1. The number of carbonyl (C=O) groups excluding carboxylic acids is 1. The number of hydrogen-bond acceptors (Lipinski definition) is 3. The number of aryl methyl sites for hydroxylation is 1. The predicted molar refractivity (Wildman–Crippen MR) is 60.1 cm³/mol. The van der Waals surface area contributed by atoms with E-state index in [9.17, 15) is 4.79 Å². The maximum Gasteiger partial charge on any atom is 0.217 e. The zero-order valence-electron chi connectivity index (χ0n) is 8.41. The lowest BCUT2D eigenvalue weighted by Crippen LogP contribution is -2.10. The van der Waals surface area contributed by atoms with E-state index in [0.29, 0.717) is 22.8 Å². The van der Waals surface area contributed by atoms with Crippen molar-refractivity contribution < 1.29 is 9.21 Å². The van der Waals surface area contributed by atoms with Crippen LogP contribution in [0.3, 0.4) is 0 Å². The molecule has 0 unspecified atom stereocenters. The van der Waals surface area contributed by atoms with Gasteiger partial charge in [-0.05, 0) is 24.6 Å². The van der Waals surface area contributed by atoms with Crippen LogP contribution in [0.5, 0.6) is 0 Å². The van der Waals surface area contributed by atoms with Crippen LogP contribution in [0.15, 0.2) is 22.9 Å². The maximum absolute atomic E-state index is 12.1. The number of ketones is 1. The van der Waals surface area contributed by atoms with Gasteiger partial charge >= 0.3 is 0 Å². The standard InChI is InChI=1S/C10H8Cl2N2O2/c1-2-14-8(7(11)5-13-14)9(15)6-3-4-16-10(6)12/h3-5H,2H2,1H3. The molecule has 0 aliphatic carbocycles. The van der Waals surface area contributed by atoms with Gasteiger partial charge in [-0.1, -0.05) is 11.6 Å². The van der Waals surface area contributed by atoms with Gasteiger partial charge < -0.3 is 4.42 Å². The fourth-order valence-corrected chi connectivity index (χ4v) is 1.84. The second kappa shape index (κ2) is 4.31. The van der Waals surface area contributed by atoms with Crippen molar-refractivity contribution in [3.8, 4) is 0 Å². The molecular weight excluding hydrogens is 251 g/mol. The molecule has 0 spiro atoms. The summed E-state index contributed by atoms with van der Waals surface area (Å²) in [5, 5.41) is 4.35. The molecular formula is C10H8Cl2N2O2. The summed E-state index contributed by atoms with van der Waals surface area (Å²) < 4.78 is 6.39. The molecule has 0 aliphatic heterocycles. The number of carbonyl (C=O) groups is 1. The molecule has 0 fully saturated rings. The van der Waals surface area contributed by atoms with Gasteiger partial charge in [0.05, 0.1) is 23.0 Å². The van der Waals surface area contributed by atoms with Gasteiger partial charge in [0.2, 0.25) is 11.0 Å². The van der Waals surface area contributed by atoms with E-state index in [1.807, 2.05) is 6.92 Å². The van der Waals surface area contributed by atoms with Crippen molar-refractivity contribution in [3.63, 3.8) is 0 Å². The van der Waals surface area contributed by atoms with Crippen LogP contribution in [0.1, 0.15) is 23.0 Å². The number of hydrogen-bond donors (Lipinski definition) is 0. The number of nitrogens with zero attached hydrogens (tertiary/aromatic N) is 2. The van der Waals surface area contributed by atoms with E-state index in [2.05, 4.69) is 5.10 Å². The monoisotopic (exact) mass is 258 g/mol. The molecule has 84 valence electrons. The lowest BCUT2D eigenvalue weighted by molar-refractivity contribution is 0.102. The molecule has 2 aromatic heterocycles. The quantitative estimate of drug-likeness (QED) is 0.796. The van der Waals surface area contributed by atoms with Gasteiger partial charge in [0.15, 0.2) is 0 Å². The fraction of sp³-hybridized carbons (Fsp3) is 0.200. The average Bonchev–Trinajstić information content (AvgIpc) is 2.83. The first-order valence-corrected chi connectivity index (χ1v) is 5.39. The molecule has 2 aromatic rings. The van der Waals surface area contributed by atoms with E-state index < -0.39 is 0 Å². The number of halogens is 2. The van der Waals surface area contributed by atoms with Crippen molar-refractivity contribution in [2.75, 3.05) is 0 Å². The number of aromatic nitrogens is 2. The van der Waals surface area contributed by atoms with E-state index in [0.717, 1.165) is 0 Å². The summed E-state index contributed by atoms with van der Waals surface area (Å²) in [6, 6.07) is 1.51. The van der Waals surface area contributed by atoms with Crippen LogP contribution in [-0.2, 0) is 6.54 Å². The summed E-state index contributed by atoms with van der Waals surface area (Å²) in [5.41, 5.74) is 0.617. The lowest BCUT2D eigenvalue weighted by Gasteiger charge is -2.02. The molecule has 0 N–H and O–H groups in total. The molecule has 6 heteroatoms. The summed E-state index contributed by atoms with van der Waals surface area (Å²) in [6.07, 6.45) is 2.79. The molecule has 2 rings (SSSR count). The van der Waals surface area contributed by atoms with Crippen LogP contribution in [0, 0.1) is 0 Å². The number of rotatable bonds is 3. The van der Waals surface area contributed by atoms with Crippen molar-refractivity contribution >= 4 is 29.0 Å². The molecule has 0 radical (unpaired) electrons. The van der Waals surface area contributed by atoms with Crippen LogP contribution in [0.4, 0.5) is 0 Å². The van der Waals surface area contributed by atoms with E-state index in [4.69, 9.17) is 27.6 Å². The molecule has 0 bridgehead atoms. The minimum Gasteiger partial charge on any atom is -0.452 e. The largest absolute Gasteiger partial charge is 0.452 e. The molecule has 0 aliphatic rings. The van der Waals surface area contributed by atoms with Crippen molar-refractivity contribution in [2.24, 2.45) is 0 Å². The molecule has 0 amide bonds. The van der Waals surface area contributed by atoms with Crippen LogP contribution in [-0.4, -0.2) is 15.6 Å². The molecule has 0 aromatic carbocycles. The Morgan fingerprint density at radius 1 is 1.56 bits per heavy atom. The Morgan fingerprint density at radius 3 is 2.88 bits per heavy atom. The molecule has 0 saturated heterocycles. The Labute approximate surface area is 102 Å². The van der Waals surface area contributed by atoms with Gasteiger partial charge in [-0.15, -0.1) is 0 Å². The first-order valence-electron chi connectivity index (χ1n) is 4.64. The second-order valence-electron chi connectivity index (χ2n) is 3.09. The Kier molecular flexibility index (Phi) is 3.03. The second-order valence-corrected chi connectivity index (χ2v) is 3.84. The summed E-state index contributed by atoms with van der Waals surface area (Å²) in [5.74, 6) is -0.289. The van der Waals surface area contributed by atoms with Crippen LogP contribution in [0.25, 0.3) is 0 Å². The summed E-state index contributed by atoms with van der Waals surface area (Å²) in [4.78, 5) is 12.1. The van der Waals surface area contributed by atoms with Gasteiger partial charge in [0.1, 0.15) is 5.69 Å². The Morgan fingerprint density at radius 2 is 2.31 bits per heavy atom. The minimum absolute atomic E-state index is 0.0601. The fourth-order valence-electron chi connectivity index (χ4n) is 1.41. The lowest BCUT2D eigenvalue weighted by atomic mass is 10.1. The first kappa shape index (κ1) is 11.2. The molecule has 2 heterocycles. The Bertz CT molecular complexity index is 531. The first-order chi connectivity index (χ1) is 7.65. The van der Waals surface area contributed by atoms with Crippen LogP contribution >= 0.6 is 23.2 Å².